The molecular weight excluding hydrogens is 1100 g/mol. The molecule has 4 heteroatoms. The molecule has 4 nitrogen and oxygen atoms in total. The van der Waals surface area contributed by atoms with Crippen LogP contribution in [0.15, 0.2) is 291 Å². The minimum atomic E-state index is 0.227. The minimum Gasteiger partial charge on any atom is -0.310 e. The van der Waals surface area contributed by atoms with E-state index in [1.54, 1.807) is 0 Å². The molecule has 4 aliphatic rings. The number of rotatable bonds is 8. The van der Waals surface area contributed by atoms with Gasteiger partial charge in [-0.2, -0.15) is 0 Å². The summed E-state index contributed by atoms with van der Waals surface area (Å²) in [6, 6.07) is 90.3. The predicted molar refractivity (Wildman–Crippen MR) is 384 cm³/mol. The number of nitrogens with zero attached hydrogens (tertiary/aromatic N) is 4. The first-order chi connectivity index (χ1) is 45.2. The van der Waals surface area contributed by atoms with Gasteiger partial charge in [-0.15, -0.1) is 0 Å². The van der Waals surface area contributed by atoms with Gasteiger partial charge in [0.1, 0.15) is 5.82 Å². The molecule has 428 valence electrons. The summed E-state index contributed by atoms with van der Waals surface area (Å²) < 4.78 is 7.24. The fourth-order valence-corrected chi connectivity index (χ4v) is 16.1. The Morgan fingerprint density at radius 2 is 0.802 bits per heavy atom. The van der Waals surface area contributed by atoms with Gasteiger partial charge in [0.25, 0.3) is 0 Å². The number of benzene rings is 12. The van der Waals surface area contributed by atoms with Crippen LogP contribution in [0.25, 0.3) is 150 Å². The second-order valence-corrected chi connectivity index (χ2v) is 25.0. The molecule has 0 fully saturated rings. The highest BCUT2D eigenvalue weighted by Crippen LogP contribution is 2.50. The van der Waals surface area contributed by atoms with Crippen LogP contribution in [0.5, 0.6) is 0 Å². The van der Waals surface area contributed by atoms with Gasteiger partial charge in [0.15, 0.2) is 0 Å². The largest absolute Gasteiger partial charge is 0.310 e. The van der Waals surface area contributed by atoms with E-state index >= 15 is 0 Å². The highest BCUT2D eigenvalue weighted by molar-refractivity contribution is 6.24. The maximum Gasteiger partial charge on any atom is 0.145 e. The molecule has 4 aliphatic carbocycles. The number of para-hydroxylation sites is 5. The molecule has 0 saturated carbocycles. The van der Waals surface area contributed by atoms with Gasteiger partial charge in [0, 0.05) is 50.7 Å². The van der Waals surface area contributed by atoms with Gasteiger partial charge in [-0.1, -0.05) is 212 Å². The molecule has 12 aromatic carbocycles. The van der Waals surface area contributed by atoms with Crippen molar-refractivity contribution in [1.82, 2.24) is 18.7 Å². The molecule has 1 atom stereocenters. The zero-order valence-electron chi connectivity index (χ0n) is 50.2. The van der Waals surface area contributed by atoms with Gasteiger partial charge in [-0.05, 0) is 221 Å². The molecule has 3 heterocycles. The highest BCUT2D eigenvalue weighted by Gasteiger charge is 2.28. The Bertz CT molecular complexity index is 5620. The number of allylic oxidation sites excluding steroid dienone is 10. The van der Waals surface area contributed by atoms with Crippen LogP contribution in [0.2, 0.25) is 0 Å². The monoisotopic (exact) mass is 1160 g/mol. The van der Waals surface area contributed by atoms with E-state index in [4.69, 9.17) is 4.98 Å². The molecule has 0 radical (unpaired) electrons. The Morgan fingerprint density at radius 1 is 0.341 bits per heavy atom. The molecule has 0 bridgehead atoms. The van der Waals surface area contributed by atoms with E-state index in [0.29, 0.717) is 0 Å². The van der Waals surface area contributed by atoms with Crippen LogP contribution in [0.3, 0.4) is 0 Å². The predicted octanol–water partition coefficient (Wildman–Crippen LogP) is 22.4. The standard InChI is InChI=1S/C87H60N4/c1-2-20-62(21-3-1)91-82-37-19-14-32-77(82)88-87(91)61-41-39-57-52-59(40-38-58(57)53-61)85-71-28-6-8-30-73(71)86(74-31-9-7-29-72(74)85)60-46-51-75-76(54-60)84(56-44-49-64(50-45-56)90-80-35-17-12-24-67(80)68-25-13-18-36-81(68)90)70-27-5-4-26-69(70)83(75)55-42-47-63(48-43-55)89-78-33-15-10-22-65(78)66-23-11-16-34-79(66)89/h1-11,14-23,26-38,40-54,57H,12-13,24-25,39H2. The minimum absolute atomic E-state index is 0.227. The molecule has 91 heavy (non-hydrogen) atoms. The van der Waals surface area contributed by atoms with Gasteiger partial charge in [-0.25, -0.2) is 4.98 Å². The molecule has 3 aromatic heterocycles. The third-order valence-electron chi connectivity index (χ3n) is 20.1. The van der Waals surface area contributed by atoms with Crippen molar-refractivity contribution in [3.63, 3.8) is 0 Å². The zero-order chi connectivity index (χ0) is 59.7. The normalized spacial score (nSPS) is 15.2. The van der Waals surface area contributed by atoms with Gasteiger partial charge >= 0.3 is 0 Å². The maximum atomic E-state index is 5.25. The lowest BCUT2D eigenvalue weighted by atomic mass is 9.79. The van der Waals surface area contributed by atoms with Crippen LogP contribution in [0.4, 0.5) is 0 Å². The number of hydrogen-bond acceptors (Lipinski definition) is 1. The molecular formula is C87H60N4. The second kappa shape index (κ2) is 20.6. The van der Waals surface area contributed by atoms with Crippen LogP contribution in [0, 0.1) is 5.92 Å². The Hall–Kier alpha value is -11.3. The Kier molecular flexibility index (Phi) is 11.7. The number of fused-ring (bicyclic) bond motifs is 12. The van der Waals surface area contributed by atoms with Crippen molar-refractivity contribution in [1.29, 1.82) is 0 Å². The van der Waals surface area contributed by atoms with Gasteiger partial charge in [0.05, 0.1) is 22.1 Å². The fraction of sp³-hybridized carbons (Fsp3) is 0.0690. The van der Waals surface area contributed by atoms with Crippen LogP contribution >= 0.6 is 0 Å². The zero-order valence-corrected chi connectivity index (χ0v) is 50.2. The first-order valence-corrected chi connectivity index (χ1v) is 32.2. The lowest BCUT2D eigenvalue weighted by molar-refractivity contribution is 0.783. The third-order valence-corrected chi connectivity index (χ3v) is 20.1. The number of imidazole rings is 1. The average molecular weight is 1160 g/mol. The van der Waals surface area contributed by atoms with Gasteiger partial charge in [-0.3, -0.25) is 4.57 Å². The van der Waals surface area contributed by atoms with E-state index in [1.807, 2.05) is 0 Å². The van der Waals surface area contributed by atoms with E-state index in [2.05, 4.69) is 311 Å². The van der Waals surface area contributed by atoms with Crippen molar-refractivity contribution < 1.29 is 0 Å². The summed E-state index contributed by atoms with van der Waals surface area (Å²) in [5, 5.41) is 12.4. The third kappa shape index (κ3) is 8.05. The van der Waals surface area contributed by atoms with E-state index in [0.717, 1.165) is 65.9 Å². The van der Waals surface area contributed by atoms with Crippen molar-refractivity contribution in [2.45, 2.75) is 32.1 Å². The van der Waals surface area contributed by atoms with E-state index in [9.17, 15) is 0 Å². The molecule has 0 aliphatic heterocycles. The maximum absolute atomic E-state index is 5.25. The summed E-state index contributed by atoms with van der Waals surface area (Å²) in [5.74, 6) is 1.20. The van der Waals surface area contributed by atoms with Crippen molar-refractivity contribution >= 4 is 99.2 Å². The average Bonchev–Trinajstić information content (AvgIpc) is 1.66. The number of aromatic nitrogens is 4. The summed E-state index contributed by atoms with van der Waals surface area (Å²) in [6.07, 6.45) is 26.7. The fourth-order valence-electron chi connectivity index (χ4n) is 16.1. The molecule has 0 spiro atoms. The molecule has 1 unspecified atom stereocenters. The van der Waals surface area contributed by atoms with Crippen LogP contribution < -0.4 is 0 Å². The van der Waals surface area contributed by atoms with Crippen molar-refractivity contribution in [2.24, 2.45) is 5.92 Å². The Morgan fingerprint density at radius 3 is 1.40 bits per heavy atom. The smallest absolute Gasteiger partial charge is 0.145 e. The van der Waals surface area contributed by atoms with Gasteiger partial charge in [0.2, 0.25) is 0 Å². The van der Waals surface area contributed by atoms with E-state index < -0.39 is 0 Å². The van der Waals surface area contributed by atoms with Crippen LogP contribution in [-0.4, -0.2) is 18.7 Å². The summed E-state index contributed by atoms with van der Waals surface area (Å²) in [5.41, 5.74) is 26.0. The molecule has 0 saturated heterocycles. The first kappa shape index (κ1) is 51.7. The highest BCUT2D eigenvalue weighted by atomic mass is 15.1. The van der Waals surface area contributed by atoms with Crippen LogP contribution in [0.1, 0.15) is 53.2 Å². The lowest BCUT2D eigenvalue weighted by Crippen LogP contribution is -2.09. The summed E-state index contributed by atoms with van der Waals surface area (Å²) in [6.45, 7) is 0. The summed E-state index contributed by atoms with van der Waals surface area (Å²) in [7, 11) is 0. The Labute approximate surface area is 527 Å². The quantitative estimate of drug-likeness (QED) is 0.139. The van der Waals surface area contributed by atoms with Gasteiger partial charge < -0.3 is 9.13 Å². The lowest BCUT2D eigenvalue weighted by Gasteiger charge is -2.25. The molecule has 0 amide bonds. The van der Waals surface area contributed by atoms with Crippen LogP contribution in [-0.2, 0) is 12.8 Å². The molecule has 15 aromatic rings. The van der Waals surface area contributed by atoms with Crippen molar-refractivity contribution in [3.05, 3.63) is 325 Å². The SMILES string of the molecule is C1=Cc2c(c3c(n2-c2ccc(-c4c5ccccc5c(-c5ccc(-n6c7ccccc7c7ccccc76)cc5)c5ccc(-c6c7ccccc7c(C7=CC8CC=C(c9nc%10ccccc%10n9-c9ccccc9)C=C8C=C7)c7ccccc67)cc45)cc2)C=CCC3)CC1. The number of hydrogen-bond donors (Lipinski definition) is 0. The topological polar surface area (TPSA) is 27.7 Å². The van der Waals surface area contributed by atoms with E-state index in [-0.39, 0.29) is 5.92 Å². The van der Waals surface area contributed by atoms with Crippen molar-refractivity contribution in [2.75, 3.05) is 0 Å². The Balaban J connectivity index is 0.775. The summed E-state index contributed by atoms with van der Waals surface area (Å²) >= 11 is 0. The second-order valence-electron chi connectivity index (χ2n) is 25.0. The summed E-state index contributed by atoms with van der Waals surface area (Å²) in [4.78, 5) is 5.25. The van der Waals surface area contributed by atoms with E-state index in [1.165, 1.54) is 143 Å². The molecule has 19 rings (SSSR count). The first-order valence-electron chi connectivity index (χ1n) is 32.2. The van der Waals surface area contributed by atoms with Crippen molar-refractivity contribution in [3.8, 4) is 50.4 Å². The molecule has 0 N–H and O–H groups in total.